The summed E-state index contributed by atoms with van der Waals surface area (Å²) < 4.78 is 1.92. The Morgan fingerprint density at radius 2 is 2.12 bits per heavy atom. The van der Waals surface area contributed by atoms with Crippen LogP contribution in [0.15, 0.2) is 0 Å². The summed E-state index contributed by atoms with van der Waals surface area (Å²) in [5.41, 5.74) is 2.25. The van der Waals surface area contributed by atoms with E-state index in [1.165, 1.54) is 22.4 Å². The van der Waals surface area contributed by atoms with Crippen molar-refractivity contribution in [1.82, 2.24) is 19.9 Å². The molecule has 2 aliphatic rings. The van der Waals surface area contributed by atoms with Crippen LogP contribution in [0.25, 0.3) is 0 Å². The van der Waals surface area contributed by atoms with Gasteiger partial charge in [0.2, 0.25) is 11.8 Å². The molecule has 0 bridgehead atoms. The summed E-state index contributed by atoms with van der Waals surface area (Å²) in [7, 11) is 5.63. The zero-order valence-electron chi connectivity index (χ0n) is 14.1. The normalized spacial score (nSPS) is 24.8. The first-order valence-corrected chi connectivity index (χ1v) is 9.91. The molecule has 2 amide bonds. The third-order valence-electron chi connectivity index (χ3n) is 5.00. The van der Waals surface area contributed by atoms with Gasteiger partial charge in [-0.1, -0.05) is 11.5 Å². The number of carbonyl (C=O) groups excluding carboxylic acids is 2. The quantitative estimate of drug-likeness (QED) is 0.593. The number of thioether (sulfide) groups is 1. The molecule has 1 fully saturated rings. The molecule has 1 aromatic heterocycles. The highest BCUT2D eigenvalue weighted by Gasteiger charge is 2.39. The molecule has 1 aliphatic heterocycles. The van der Waals surface area contributed by atoms with Gasteiger partial charge in [-0.05, 0) is 44.3 Å². The van der Waals surface area contributed by atoms with Crippen LogP contribution in [-0.2, 0) is 29.0 Å². The Morgan fingerprint density at radius 1 is 1.29 bits per heavy atom. The molecular formula is C16H23BN4O2S. The van der Waals surface area contributed by atoms with E-state index in [1.54, 1.807) is 0 Å². The number of fused-ring (bicyclic) bond motifs is 1. The maximum Gasteiger partial charge on any atom is 0.242 e. The minimum absolute atomic E-state index is 0.0101. The number of carbonyl (C=O) groups is 2. The molecule has 2 atom stereocenters. The fourth-order valence-electron chi connectivity index (χ4n) is 3.65. The third-order valence-corrected chi connectivity index (χ3v) is 5.94. The fraction of sp³-hybridized carbons (Fsp3) is 0.750. The first-order valence-electron chi connectivity index (χ1n) is 8.62. The fourth-order valence-corrected chi connectivity index (χ4v) is 4.29. The van der Waals surface area contributed by atoms with Crippen molar-refractivity contribution in [2.45, 2.75) is 56.6 Å². The molecule has 128 valence electrons. The van der Waals surface area contributed by atoms with Gasteiger partial charge in [0.1, 0.15) is 0 Å². The molecule has 0 aromatic carbocycles. The standard InChI is InChI=1S/C16H23BN4O2S/c1-24-14-9-15(22)20(16(14)23)10-11-3-2-4-13-12(6-5-11)18-19-21(13)8-7-17/h11,14H,2-10H2,1H3. The van der Waals surface area contributed by atoms with Crippen LogP contribution in [0.1, 0.15) is 37.1 Å². The first kappa shape index (κ1) is 17.5. The minimum atomic E-state index is -0.186. The summed E-state index contributed by atoms with van der Waals surface area (Å²) in [5, 5.41) is 8.33. The van der Waals surface area contributed by atoms with Gasteiger partial charge in [-0.3, -0.25) is 14.5 Å². The van der Waals surface area contributed by atoms with Crippen LogP contribution in [0.2, 0.25) is 6.32 Å². The average Bonchev–Trinajstić information content (AvgIpc) is 3.04. The monoisotopic (exact) mass is 346 g/mol. The average molecular weight is 346 g/mol. The van der Waals surface area contributed by atoms with Crippen LogP contribution >= 0.6 is 11.8 Å². The number of amides is 2. The Morgan fingerprint density at radius 3 is 2.83 bits per heavy atom. The van der Waals surface area contributed by atoms with Gasteiger partial charge in [0, 0.05) is 19.5 Å². The molecule has 0 N–H and O–H groups in total. The predicted molar refractivity (Wildman–Crippen MR) is 94.0 cm³/mol. The lowest BCUT2D eigenvalue weighted by Gasteiger charge is -2.24. The molecule has 8 heteroatoms. The number of hydrogen-bond donors (Lipinski definition) is 0. The molecule has 1 aliphatic carbocycles. The van der Waals surface area contributed by atoms with Gasteiger partial charge in [0.25, 0.3) is 0 Å². The van der Waals surface area contributed by atoms with Crippen molar-refractivity contribution in [1.29, 1.82) is 0 Å². The molecule has 6 nitrogen and oxygen atoms in total. The van der Waals surface area contributed by atoms with Gasteiger partial charge >= 0.3 is 0 Å². The molecule has 2 heterocycles. The van der Waals surface area contributed by atoms with Crippen LogP contribution in [-0.4, -0.2) is 57.6 Å². The Hall–Kier alpha value is -1.31. The lowest BCUT2D eigenvalue weighted by Crippen LogP contribution is -2.36. The molecule has 2 unspecified atom stereocenters. The van der Waals surface area contributed by atoms with Crippen LogP contribution in [0.3, 0.4) is 0 Å². The topological polar surface area (TPSA) is 68.1 Å². The Kier molecular flexibility index (Phi) is 5.63. The molecule has 1 saturated heterocycles. The maximum atomic E-state index is 12.3. The summed E-state index contributed by atoms with van der Waals surface area (Å²) >= 11 is 1.47. The number of aryl methyl sites for hydroxylation is 2. The van der Waals surface area contributed by atoms with Gasteiger partial charge in [0.15, 0.2) is 0 Å². The van der Waals surface area contributed by atoms with Crippen molar-refractivity contribution in [2.24, 2.45) is 5.92 Å². The highest BCUT2D eigenvalue weighted by molar-refractivity contribution is 8.00. The predicted octanol–water partition coefficient (Wildman–Crippen LogP) is 1.24. The zero-order chi connectivity index (χ0) is 17.1. The summed E-state index contributed by atoms with van der Waals surface area (Å²) in [4.78, 5) is 25.9. The summed E-state index contributed by atoms with van der Waals surface area (Å²) in [5.74, 6) is 0.325. The van der Waals surface area contributed by atoms with E-state index in [2.05, 4.69) is 10.3 Å². The van der Waals surface area contributed by atoms with Gasteiger partial charge in [-0.25, -0.2) is 4.68 Å². The molecule has 0 spiro atoms. The summed E-state index contributed by atoms with van der Waals surface area (Å²) in [6.07, 6.45) is 7.59. The number of hydrogen-bond acceptors (Lipinski definition) is 5. The van der Waals surface area contributed by atoms with Gasteiger partial charge < -0.3 is 0 Å². The molecule has 1 aromatic rings. The highest BCUT2D eigenvalue weighted by Crippen LogP contribution is 2.28. The van der Waals surface area contributed by atoms with Crippen LogP contribution < -0.4 is 0 Å². The number of nitrogens with zero attached hydrogens (tertiary/aromatic N) is 4. The number of likely N-dealkylation sites (tertiary alicyclic amines) is 1. The second-order valence-corrected chi connectivity index (χ2v) is 7.60. The van der Waals surface area contributed by atoms with Crippen LogP contribution in [0.4, 0.5) is 0 Å². The van der Waals surface area contributed by atoms with E-state index in [9.17, 15) is 9.59 Å². The van der Waals surface area contributed by atoms with E-state index in [-0.39, 0.29) is 17.1 Å². The molecular weight excluding hydrogens is 323 g/mol. The number of rotatable bonds is 5. The highest BCUT2D eigenvalue weighted by atomic mass is 32.2. The van der Waals surface area contributed by atoms with E-state index in [0.717, 1.165) is 37.8 Å². The van der Waals surface area contributed by atoms with Crippen molar-refractivity contribution in [3.05, 3.63) is 11.4 Å². The Labute approximate surface area is 148 Å². The van der Waals surface area contributed by atoms with E-state index in [4.69, 9.17) is 7.85 Å². The van der Waals surface area contributed by atoms with Crippen molar-refractivity contribution in [2.75, 3.05) is 12.8 Å². The molecule has 0 saturated carbocycles. The minimum Gasteiger partial charge on any atom is -0.281 e. The lowest BCUT2D eigenvalue weighted by atomic mass is 9.91. The number of imide groups is 1. The second-order valence-electron chi connectivity index (χ2n) is 6.56. The molecule has 2 radical (unpaired) electrons. The van der Waals surface area contributed by atoms with E-state index in [1.807, 2.05) is 10.9 Å². The van der Waals surface area contributed by atoms with Gasteiger partial charge in [-0.15, -0.1) is 5.10 Å². The molecule has 3 rings (SSSR count). The second kappa shape index (κ2) is 7.72. The van der Waals surface area contributed by atoms with Gasteiger partial charge in [-0.2, -0.15) is 11.8 Å². The summed E-state index contributed by atoms with van der Waals surface area (Å²) in [6, 6.07) is 0. The summed E-state index contributed by atoms with van der Waals surface area (Å²) in [6.45, 7) is 1.26. The first-order chi connectivity index (χ1) is 11.6. The van der Waals surface area contributed by atoms with E-state index < -0.39 is 0 Å². The van der Waals surface area contributed by atoms with Crippen molar-refractivity contribution >= 4 is 31.4 Å². The van der Waals surface area contributed by atoms with E-state index >= 15 is 0 Å². The Balaban J connectivity index is 1.63. The third kappa shape index (κ3) is 3.53. The molecule has 24 heavy (non-hydrogen) atoms. The smallest absolute Gasteiger partial charge is 0.242 e. The largest absolute Gasteiger partial charge is 0.281 e. The Bertz CT molecular complexity index is 621. The van der Waals surface area contributed by atoms with Crippen molar-refractivity contribution in [3.63, 3.8) is 0 Å². The van der Waals surface area contributed by atoms with Crippen LogP contribution in [0, 0.1) is 5.92 Å². The lowest BCUT2D eigenvalue weighted by molar-refractivity contribution is -0.139. The SMILES string of the molecule is [B]CCn1nnc2c1CCCC(CN1C(=O)CC(SC)C1=O)CC2. The van der Waals surface area contributed by atoms with Crippen molar-refractivity contribution in [3.8, 4) is 0 Å². The number of aromatic nitrogens is 3. The zero-order valence-corrected chi connectivity index (χ0v) is 14.9. The maximum absolute atomic E-state index is 12.3. The van der Waals surface area contributed by atoms with Crippen LogP contribution in [0.5, 0.6) is 0 Å². The van der Waals surface area contributed by atoms with Crippen molar-refractivity contribution < 1.29 is 9.59 Å². The van der Waals surface area contributed by atoms with Gasteiger partial charge in [0.05, 0.1) is 24.5 Å². The van der Waals surface area contributed by atoms with E-state index in [0.29, 0.717) is 31.7 Å².